The first-order valence-corrected chi connectivity index (χ1v) is 9.70. The summed E-state index contributed by atoms with van der Waals surface area (Å²) in [5.41, 5.74) is -1.18. The van der Waals surface area contributed by atoms with Gasteiger partial charge in [0.25, 0.3) is 5.91 Å². The molecule has 1 fully saturated rings. The molecule has 2 aromatic rings. The second-order valence-electron chi connectivity index (χ2n) is 7.39. The molecule has 6 nitrogen and oxygen atoms in total. The average molecular weight is 415 g/mol. The Morgan fingerprint density at radius 3 is 2.53 bits per heavy atom. The van der Waals surface area contributed by atoms with Crippen molar-refractivity contribution < 1.29 is 23.2 Å². The van der Waals surface area contributed by atoms with E-state index >= 15 is 0 Å². The van der Waals surface area contributed by atoms with E-state index in [4.69, 9.17) is 0 Å². The smallest absolute Gasteiger partial charge is 0.325 e. The van der Waals surface area contributed by atoms with Gasteiger partial charge in [-0.2, -0.15) is 0 Å². The molecule has 1 heterocycles. The molecular formula is C22H23F2N3O3. The van der Waals surface area contributed by atoms with Gasteiger partial charge in [-0.05, 0) is 37.1 Å². The molecule has 0 unspecified atom stereocenters. The van der Waals surface area contributed by atoms with Gasteiger partial charge in [0.05, 0.1) is 6.04 Å². The lowest BCUT2D eigenvalue weighted by molar-refractivity contribution is -0.135. The van der Waals surface area contributed by atoms with Crippen LogP contribution < -0.4 is 10.6 Å². The number of hydrogen-bond donors (Lipinski definition) is 2. The lowest BCUT2D eigenvalue weighted by atomic mass is 9.91. The second kappa shape index (κ2) is 8.61. The van der Waals surface area contributed by atoms with Crippen molar-refractivity contribution in [2.45, 2.75) is 38.3 Å². The highest BCUT2D eigenvalue weighted by Gasteiger charge is 2.50. The van der Waals surface area contributed by atoms with Gasteiger partial charge in [-0.15, -0.1) is 0 Å². The van der Waals surface area contributed by atoms with Crippen LogP contribution in [0, 0.1) is 11.6 Å². The molecule has 1 aliphatic rings. The number of rotatable bonds is 7. The Bertz CT molecular complexity index is 967. The van der Waals surface area contributed by atoms with Crippen molar-refractivity contribution in [1.82, 2.24) is 15.5 Å². The molecule has 0 aromatic heterocycles. The van der Waals surface area contributed by atoms with E-state index in [1.165, 1.54) is 6.92 Å². The Balaban J connectivity index is 1.76. The first kappa shape index (κ1) is 21.4. The molecule has 30 heavy (non-hydrogen) atoms. The van der Waals surface area contributed by atoms with Gasteiger partial charge in [-0.25, -0.2) is 13.6 Å². The molecule has 0 aliphatic carbocycles. The molecule has 0 radical (unpaired) electrons. The molecule has 3 rings (SSSR count). The summed E-state index contributed by atoms with van der Waals surface area (Å²) < 4.78 is 27.8. The fourth-order valence-corrected chi connectivity index (χ4v) is 3.58. The van der Waals surface area contributed by atoms with Crippen LogP contribution in [0.4, 0.5) is 13.6 Å². The minimum absolute atomic E-state index is 0.267. The van der Waals surface area contributed by atoms with Gasteiger partial charge in [0.2, 0.25) is 5.91 Å². The number of carbonyl (C=O) groups is 3. The van der Waals surface area contributed by atoms with Crippen molar-refractivity contribution in [3.63, 3.8) is 0 Å². The van der Waals surface area contributed by atoms with Crippen LogP contribution in [0.3, 0.4) is 0 Å². The fraction of sp³-hybridized carbons (Fsp3) is 0.318. The number of carbonyl (C=O) groups excluding carboxylic acids is 3. The molecule has 4 amide bonds. The first-order chi connectivity index (χ1) is 14.3. The number of nitrogens with one attached hydrogen (secondary N) is 2. The van der Waals surface area contributed by atoms with Crippen LogP contribution in [0.2, 0.25) is 0 Å². The summed E-state index contributed by atoms with van der Waals surface area (Å²) in [4.78, 5) is 38.6. The van der Waals surface area contributed by atoms with Crippen LogP contribution in [0.5, 0.6) is 0 Å². The lowest BCUT2D eigenvalue weighted by Crippen LogP contribution is -2.44. The Hall–Kier alpha value is -3.29. The van der Waals surface area contributed by atoms with Crippen molar-refractivity contribution >= 4 is 17.8 Å². The van der Waals surface area contributed by atoms with E-state index in [0.29, 0.717) is 11.3 Å². The zero-order valence-electron chi connectivity index (χ0n) is 16.7. The number of urea groups is 1. The van der Waals surface area contributed by atoms with E-state index in [9.17, 15) is 23.2 Å². The lowest BCUT2D eigenvalue weighted by Gasteiger charge is -2.23. The summed E-state index contributed by atoms with van der Waals surface area (Å²) in [7, 11) is 0. The van der Waals surface area contributed by atoms with Gasteiger partial charge < -0.3 is 10.6 Å². The highest BCUT2D eigenvalue weighted by molar-refractivity contribution is 6.09. The molecule has 0 saturated carbocycles. The monoisotopic (exact) mass is 415 g/mol. The maximum atomic E-state index is 14.2. The van der Waals surface area contributed by atoms with Crippen LogP contribution in [-0.4, -0.2) is 29.3 Å². The number of benzene rings is 2. The number of halogens is 2. The summed E-state index contributed by atoms with van der Waals surface area (Å²) in [5.74, 6) is -2.91. The fourth-order valence-electron chi connectivity index (χ4n) is 3.58. The SMILES string of the molecule is CCC[C@H](NC(=O)CN1C(=O)N[C@](C)(c2cc(F)ccc2F)C1=O)c1ccccc1. The summed E-state index contributed by atoms with van der Waals surface area (Å²) in [6.45, 7) is 2.75. The summed E-state index contributed by atoms with van der Waals surface area (Å²) in [5, 5.41) is 5.22. The number of amides is 4. The quantitative estimate of drug-likeness (QED) is 0.681. The zero-order chi connectivity index (χ0) is 21.9. The maximum absolute atomic E-state index is 14.2. The third-order valence-electron chi connectivity index (χ3n) is 5.16. The maximum Gasteiger partial charge on any atom is 0.325 e. The van der Waals surface area contributed by atoms with Crippen LogP contribution in [-0.2, 0) is 15.1 Å². The Kier molecular flexibility index (Phi) is 6.14. The van der Waals surface area contributed by atoms with Gasteiger partial charge in [0, 0.05) is 5.56 Å². The standard InChI is InChI=1S/C22H23F2N3O3/c1-3-7-18(14-8-5-4-6-9-14)25-19(28)13-27-20(29)22(2,26-21(27)30)16-12-15(23)10-11-17(16)24/h4-6,8-12,18H,3,7,13H2,1-2H3,(H,25,28)(H,26,30)/t18-,22+/m0/s1. The highest BCUT2D eigenvalue weighted by atomic mass is 19.1. The van der Waals surface area contributed by atoms with Crippen molar-refractivity contribution in [2.75, 3.05) is 6.54 Å². The van der Waals surface area contributed by atoms with Crippen molar-refractivity contribution in [3.05, 3.63) is 71.3 Å². The highest BCUT2D eigenvalue weighted by Crippen LogP contribution is 2.31. The summed E-state index contributed by atoms with van der Waals surface area (Å²) >= 11 is 0. The predicted octanol–water partition coefficient (Wildman–Crippen LogP) is 3.39. The molecule has 1 aliphatic heterocycles. The number of nitrogens with zero attached hydrogens (tertiary/aromatic N) is 1. The van der Waals surface area contributed by atoms with Crippen LogP contribution >= 0.6 is 0 Å². The van der Waals surface area contributed by atoms with Crippen molar-refractivity contribution in [1.29, 1.82) is 0 Å². The van der Waals surface area contributed by atoms with E-state index in [1.54, 1.807) is 0 Å². The third-order valence-corrected chi connectivity index (χ3v) is 5.16. The molecule has 2 atom stereocenters. The second-order valence-corrected chi connectivity index (χ2v) is 7.39. The van der Waals surface area contributed by atoms with Gasteiger partial charge in [-0.1, -0.05) is 43.7 Å². The molecule has 2 aromatic carbocycles. The van der Waals surface area contributed by atoms with Crippen molar-refractivity contribution in [2.24, 2.45) is 0 Å². The van der Waals surface area contributed by atoms with E-state index in [0.717, 1.165) is 30.2 Å². The van der Waals surface area contributed by atoms with Gasteiger partial charge >= 0.3 is 6.03 Å². The van der Waals surface area contributed by atoms with E-state index < -0.39 is 41.6 Å². The largest absolute Gasteiger partial charge is 0.348 e. The Morgan fingerprint density at radius 2 is 1.87 bits per heavy atom. The molecule has 1 saturated heterocycles. The number of hydrogen-bond acceptors (Lipinski definition) is 3. The Labute approximate surface area is 173 Å². The van der Waals surface area contributed by atoms with Gasteiger partial charge in [-0.3, -0.25) is 14.5 Å². The van der Waals surface area contributed by atoms with Crippen LogP contribution in [0.1, 0.15) is 43.9 Å². The first-order valence-electron chi connectivity index (χ1n) is 9.70. The van der Waals surface area contributed by atoms with Crippen molar-refractivity contribution in [3.8, 4) is 0 Å². The van der Waals surface area contributed by atoms with Gasteiger partial charge in [0.15, 0.2) is 0 Å². The average Bonchev–Trinajstić information content (AvgIpc) is 2.94. The molecular weight excluding hydrogens is 392 g/mol. The third kappa shape index (κ3) is 4.17. The van der Waals surface area contributed by atoms with E-state index in [1.807, 2.05) is 37.3 Å². The zero-order valence-corrected chi connectivity index (χ0v) is 16.7. The van der Waals surface area contributed by atoms with E-state index in [-0.39, 0.29) is 11.6 Å². The predicted molar refractivity (Wildman–Crippen MR) is 106 cm³/mol. The van der Waals surface area contributed by atoms with Crippen LogP contribution in [0.25, 0.3) is 0 Å². The number of imide groups is 1. The molecule has 0 spiro atoms. The minimum Gasteiger partial charge on any atom is -0.348 e. The molecule has 2 N–H and O–H groups in total. The van der Waals surface area contributed by atoms with Gasteiger partial charge in [0.1, 0.15) is 23.7 Å². The molecule has 0 bridgehead atoms. The normalized spacial score (nSPS) is 19.5. The summed E-state index contributed by atoms with van der Waals surface area (Å²) in [6.07, 6.45) is 1.50. The van der Waals surface area contributed by atoms with Crippen LogP contribution in [0.15, 0.2) is 48.5 Å². The molecule has 158 valence electrons. The topological polar surface area (TPSA) is 78.5 Å². The Morgan fingerprint density at radius 1 is 1.17 bits per heavy atom. The minimum atomic E-state index is -1.80. The molecule has 8 heteroatoms. The van der Waals surface area contributed by atoms with E-state index in [2.05, 4.69) is 10.6 Å². The summed E-state index contributed by atoms with van der Waals surface area (Å²) in [6, 6.07) is 10.9.